The lowest BCUT2D eigenvalue weighted by Gasteiger charge is -2.09. The molecule has 0 aliphatic rings. The molecule has 1 aromatic carbocycles. The highest BCUT2D eigenvalue weighted by atomic mass is 32.2. The zero-order chi connectivity index (χ0) is 18.8. The number of benzene rings is 1. The molecule has 2 aromatic rings. The second-order valence-electron chi connectivity index (χ2n) is 5.54. The van der Waals surface area contributed by atoms with Crippen LogP contribution in [0.15, 0.2) is 24.3 Å². The molecule has 0 saturated heterocycles. The number of aromatic amines is 1. The Morgan fingerprint density at radius 3 is 2.60 bits per heavy atom. The quantitative estimate of drug-likeness (QED) is 0.838. The summed E-state index contributed by atoms with van der Waals surface area (Å²) >= 11 is 0. The number of aromatic nitrogens is 2. The van der Waals surface area contributed by atoms with Gasteiger partial charge in [-0.25, -0.2) is 8.42 Å². The Balaban J connectivity index is 2.28. The van der Waals surface area contributed by atoms with E-state index in [1.807, 2.05) is 0 Å². The highest BCUT2D eigenvalue weighted by Gasteiger charge is 2.37. The van der Waals surface area contributed by atoms with E-state index in [0.29, 0.717) is 0 Å². The lowest BCUT2D eigenvalue weighted by atomic mass is 10.0. The van der Waals surface area contributed by atoms with Gasteiger partial charge in [-0.3, -0.25) is 9.89 Å². The maximum Gasteiger partial charge on any atom is 0.435 e. The number of hydrogen-bond donors (Lipinski definition) is 2. The van der Waals surface area contributed by atoms with Crippen molar-refractivity contribution in [2.75, 3.05) is 18.6 Å². The van der Waals surface area contributed by atoms with E-state index in [2.05, 4.69) is 15.5 Å². The van der Waals surface area contributed by atoms with Gasteiger partial charge in [-0.05, 0) is 24.6 Å². The van der Waals surface area contributed by atoms with Gasteiger partial charge >= 0.3 is 6.18 Å². The minimum atomic E-state index is -4.63. The fourth-order valence-electron chi connectivity index (χ4n) is 2.26. The van der Waals surface area contributed by atoms with E-state index >= 15 is 0 Å². The number of carbonyl (C=O) groups is 1. The van der Waals surface area contributed by atoms with Gasteiger partial charge in [0.15, 0.2) is 5.69 Å². The van der Waals surface area contributed by atoms with Gasteiger partial charge < -0.3 is 5.32 Å². The van der Waals surface area contributed by atoms with Crippen molar-refractivity contribution in [3.8, 4) is 11.1 Å². The molecule has 0 unspecified atom stereocenters. The summed E-state index contributed by atoms with van der Waals surface area (Å²) in [7, 11) is -3.23. The van der Waals surface area contributed by atoms with E-state index in [1.165, 1.54) is 31.2 Å². The molecule has 1 aromatic heterocycles. The SMILES string of the molecule is Cc1[nH]nc(C(F)(F)F)c1-c1cccc(C(=O)NCCS(C)(=O)=O)c1. The molecular formula is C15H16F3N3O3S. The van der Waals surface area contributed by atoms with E-state index in [-0.39, 0.29) is 34.7 Å². The molecule has 0 aliphatic carbocycles. The second kappa shape index (κ2) is 6.87. The fraction of sp³-hybridized carbons (Fsp3) is 0.333. The molecule has 0 saturated carbocycles. The maximum atomic E-state index is 13.1. The first-order chi connectivity index (χ1) is 11.5. The summed E-state index contributed by atoms with van der Waals surface area (Å²) in [6.07, 6.45) is -3.59. The Labute approximate surface area is 142 Å². The van der Waals surface area contributed by atoms with Gasteiger partial charge in [0.2, 0.25) is 0 Å². The van der Waals surface area contributed by atoms with Gasteiger partial charge in [-0.15, -0.1) is 0 Å². The molecule has 10 heteroatoms. The van der Waals surface area contributed by atoms with Crippen LogP contribution in [0.5, 0.6) is 0 Å². The van der Waals surface area contributed by atoms with Gasteiger partial charge in [0.25, 0.3) is 5.91 Å². The maximum absolute atomic E-state index is 13.1. The molecule has 2 rings (SSSR count). The predicted molar refractivity (Wildman–Crippen MR) is 85.8 cm³/mol. The van der Waals surface area contributed by atoms with Crippen molar-refractivity contribution in [2.45, 2.75) is 13.1 Å². The number of carbonyl (C=O) groups excluding carboxylic acids is 1. The molecule has 0 spiro atoms. The molecule has 1 heterocycles. The number of hydrogen-bond acceptors (Lipinski definition) is 4. The normalized spacial score (nSPS) is 12.2. The summed E-state index contributed by atoms with van der Waals surface area (Å²) in [4.78, 5) is 12.1. The van der Waals surface area contributed by atoms with Crippen molar-refractivity contribution in [3.05, 3.63) is 41.2 Å². The summed E-state index contributed by atoms with van der Waals surface area (Å²) in [6.45, 7) is 1.37. The van der Waals surface area contributed by atoms with Crippen LogP contribution in [0, 0.1) is 6.92 Å². The van der Waals surface area contributed by atoms with Crippen LogP contribution in [0.4, 0.5) is 13.2 Å². The number of amides is 1. The number of aryl methyl sites for hydroxylation is 1. The molecule has 0 atom stereocenters. The van der Waals surface area contributed by atoms with Crippen LogP contribution in [0.2, 0.25) is 0 Å². The van der Waals surface area contributed by atoms with Crippen LogP contribution < -0.4 is 5.32 Å². The van der Waals surface area contributed by atoms with Crippen LogP contribution in [0.3, 0.4) is 0 Å². The number of sulfone groups is 1. The van der Waals surface area contributed by atoms with Crippen molar-refractivity contribution in [2.24, 2.45) is 0 Å². The molecule has 2 N–H and O–H groups in total. The number of nitrogens with zero attached hydrogens (tertiary/aromatic N) is 1. The first-order valence-electron chi connectivity index (χ1n) is 7.17. The number of nitrogens with one attached hydrogen (secondary N) is 2. The standard InChI is InChI=1S/C15H16F3N3O3S/c1-9-12(13(21-20-9)15(16,17)18)10-4-3-5-11(8-10)14(22)19-6-7-25(2,23)24/h3-5,8H,6-7H2,1-2H3,(H,19,22)(H,20,21). The van der Waals surface area contributed by atoms with Crippen molar-refractivity contribution < 1.29 is 26.4 Å². The molecule has 0 bridgehead atoms. The Hall–Kier alpha value is -2.36. The van der Waals surface area contributed by atoms with E-state index in [1.54, 1.807) is 0 Å². The fourth-order valence-corrected chi connectivity index (χ4v) is 2.73. The molecule has 0 aliphatic heterocycles. The van der Waals surface area contributed by atoms with Crippen LogP contribution in [0.1, 0.15) is 21.7 Å². The predicted octanol–water partition coefficient (Wildman–Crippen LogP) is 2.18. The van der Waals surface area contributed by atoms with E-state index < -0.39 is 27.6 Å². The number of rotatable bonds is 5. The van der Waals surface area contributed by atoms with Crippen molar-refractivity contribution in [1.29, 1.82) is 0 Å². The largest absolute Gasteiger partial charge is 0.435 e. The van der Waals surface area contributed by atoms with Gasteiger partial charge in [0, 0.05) is 29.6 Å². The molecule has 25 heavy (non-hydrogen) atoms. The third kappa shape index (κ3) is 4.81. The minimum absolute atomic E-state index is 0.0829. The highest BCUT2D eigenvalue weighted by Crippen LogP contribution is 2.37. The number of halogens is 3. The zero-order valence-electron chi connectivity index (χ0n) is 13.4. The number of H-pyrrole nitrogens is 1. The van der Waals surface area contributed by atoms with Gasteiger partial charge in [-0.2, -0.15) is 18.3 Å². The summed E-state index contributed by atoms with van der Waals surface area (Å²) < 4.78 is 61.3. The molecule has 1 amide bonds. The first kappa shape index (κ1) is 19.0. The molecule has 0 radical (unpaired) electrons. The average molecular weight is 375 g/mol. The van der Waals surface area contributed by atoms with Crippen molar-refractivity contribution in [1.82, 2.24) is 15.5 Å². The van der Waals surface area contributed by atoms with E-state index in [9.17, 15) is 26.4 Å². The van der Waals surface area contributed by atoms with Crippen molar-refractivity contribution in [3.63, 3.8) is 0 Å². The van der Waals surface area contributed by atoms with Crippen LogP contribution in [0.25, 0.3) is 11.1 Å². The molecule has 6 nitrogen and oxygen atoms in total. The summed E-state index contributed by atoms with van der Waals surface area (Å²) in [5, 5.41) is 8.03. The Kier molecular flexibility index (Phi) is 5.21. The third-order valence-electron chi connectivity index (χ3n) is 3.39. The minimum Gasteiger partial charge on any atom is -0.351 e. The van der Waals surface area contributed by atoms with Crippen LogP contribution in [-0.2, 0) is 16.0 Å². The highest BCUT2D eigenvalue weighted by molar-refractivity contribution is 7.90. The number of alkyl halides is 3. The summed E-state index contributed by atoms with van der Waals surface area (Å²) in [5.41, 5.74) is -0.644. The Bertz CT molecular complexity index is 889. The first-order valence-corrected chi connectivity index (χ1v) is 9.23. The monoisotopic (exact) mass is 375 g/mol. The second-order valence-corrected chi connectivity index (χ2v) is 7.80. The lowest BCUT2D eigenvalue weighted by Crippen LogP contribution is -2.28. The van der Waals surface area contributed by atoms with Gasteiger partial charge in [0.1, 0.15) is 9.84 Å². The smallest absolute Gasteiger partial charge is 0.351 e. The summed E-state index contributed by atoms with van der Waals surface area (Å²) in [5.74, 6) is -0.794. The van der Waals surface area contributed by atoms with E-state index in [4.69, 9.17) is 0 Å². The Morgan fingerprint density at radius 2 is 2.00 bits per heavy atom. The molecule has 0 fully saturated rings. The third-order valence-corrected chi connectivity index (χ3v) is 4.33. The van der Waals surface area contributed by atoms with Gasteiger partial charge in [-0.1, -0.05) is 12.1 Å². The molecular weight excluding hydrogens is 359 g/mol. The molecule has 136 valence electrons. The zero-order valence-corrected chi connectivity index (χ0v) is 14.3. The topological polar surface area (TPSA) is 91.9 Å². The van der Waals surface area contributed by atoms with Crippen LogP contribution >= 0.6 is 0 Å². The lowest BCUT2D eigenvalue weighted by molar-refractivity contribution is -0.140. The van der Waals surface area contributed by atoms with E-state index in [0.717, 1.165) is 6.26 Å². The van der Waals surface area contributed by atoms with Crippen LogP contribution in [-0.4, -0.2) is 43.1 Å². The Morgan fingerprint density at radius 1 is 1.32 bits per heavy atom. The van der Waals surface area contributed by atoms with Gasteiger partial charge in [0.05, 0.1) is 5.75 Å². The summed E-state index contributed by atoms with van der Waals surface area (Å²) in [6, 6.07) is 5.64. The average Bonchev–Trinajstić information content (AvgIpc) is 2.88. The van der Waals surface area contributed by atoms with Crippen molar-refractivity contribution >= 4 is 15.7 Å².